The van der Waals surface area contributed by atoms with Gasteiger partial charge in [-0.2, -0.15) is 5.26 Å². The number of rotatable bonds is 5. The first-order valence-corrected chi connectivity index (χ1v) is 9.60. The molecule has 0 radical (unpaired) electrons. The van der Waals surface area contributed by atoms with Crippen LogP contribution < -0.4 is 10.1 Å². The average Bonchev–Trinajstić information content (AvgIpc) is 2.63. The van der Waals surface area contributed by atoms with Crippen LogP contribution in [0.15, 0.2) is 42.5 Å². The highest BCUT2D eigenvalue weighted by Crippen LogP contribution is 2.33. The number of hydrogen-bond acceptors (Lipinski definition) is 4. The summed E-state index contributed by atoms with van der Waals surface area (Å²) in [4.78, 5) is 12.7. The number of hydrogen-bond donors (Lipinski definition) is 1. The van der Waals surface area contributed by atoms with Crippen LogP contribution in [0.25, 0.3) is 0 Å². The first-order valence-electron chi connectivity index (χ1n) is 9.22. The van der Waals surface area contributed by atoms with Crippen molar-refractivity contribution in [3.05, 3.63) is 58.6 Å². The molecule has 0 saturated carbocycles. The smallest absolute Gasteiger partial charge is 0.163 e. The van der Waals surface area contributed by atoms with Crippen molar-refractivity contribution in [3.8, 4) is 17.6 Å². The number of carbonyl (C=O) groups excluding carboxylic acids is 1. The van der Waals surface area contributed by atoms with E-state index in [1.165, 1.54) is 0 Å². The van der Waals surface area contributed by atoms with Crippen LogP contribution in [0.2, 0.25) is 5.02 Å². The summed E-state index contributed by atoms with van der Waals surface area (Å²) in [6.45, 7) is 4.32. The van der Waals surface area contributed by atoms with Crippen LogP contribution in [0, 0.1) is 17.2 Å². The van der Waals surface area contributed by atoms with Gasteiger partial charge in [0.2, 0.25) is 0 Å². The molecule has 1 heterocycles. The first kappa shape index (κ1) is 19.4. The minimum absolute atomic E-state index is 0.104. The maximum Gasteiger partial charge on any atom is 0.163 e. The van der Waals surface area contributed by atoms with Crippen molar-refractivity contribution >= 4 is 17.4 Å². The highest BCUT2D eigenvalue weighted by Gasteiger charge is 2.25. The second-order valence-electron chi connectivity index (χ2n) is 7.29. The summed E-state index contributed by atoms with van der Waals surface area (Å²) in [6.07, 6.45) is 2.55. The molecule has 1 aliphatic rings. The minimum atomic E-state index is 0.104. The lowest BCUT2D eigenvalue weighted by atomic mass is 9.84. The van der Waals surface area contributed by atoms with Gasteiger partial charge in [0.1, 0.15) is 17.6 Å². The first-order chi connectivity index (χ1) is 13.0. The normalized spacial score (nSPS) is 22.1. The highest BCUT2D eigenvalue weighted by molar-refractivity contribution is 6.32. The van der Waals surface area contributed by atoms with Crippen LogP contribution in [0.3, 0.4) is 0 Å². The molecule has 27 heavy (non-hydrogen) atoms. The lowest BCUT2D eigenvalue weighted by molar-refractivity contribution is 0.0940. The number of nitrogens with one attached hydrogen (secondary N) is 1. The lowest BCUT2D eigenvalue weighted by Crippen LogP contribution is -2.42. The van der Waals surface area contributed by atoms with Crippen molar-refractivity contribution < 1.29 is 9.53 Å². The Balaban J connectivity index is 1.71. The van der Waals surface area contributed by atoms with Crippen LogP contribution in [-0.4, -0.2) is 17.9 Å². The van der Waals surface area contributed by atoms with Crippen LogP contribution in [0.5, 0.6) is 11.5 Å². The van der Waals surface area contributed by atoms with Crippen LogP contribution in [0.4, 0.5) is 0 Å². The predicted octanol–water partition coefficient (Wildman–Crippen LogP) is 5.35. The van der Waals surface area contributed by atoms with Gasteiger partial charge in [0.15, 0.2) is 5.78 Å². The summed E-state index contributed by atoms with van der Waals surface area (Å²) in [5.74, 6) is 1.37. The molecular weight excluding hydrogens is 360 g/mol. The van der Waals surface area contributed by atoms with Crippen molar-refractivity contribution in [1.82, 2.24) is 5.32 Å². The maximum absolute atomic E-state index is 12.7. The van der Waals surface area contributed by atoms with Crippen molar-refractivity contribution in [2.45, 2.75) is 45.2 Å². The van der Waals surface area contributed by atoms with Gasteiger partial charge in [0.25, 0.3) is 0 Å². The Morgan fingerprint density at radius 3 is 2.56 bits per heavy atom. The Morgan fingerprint density at radius 2 is 1.89 bits per heavy atom. The fourth-order valence-corrected chi connectivity index (χ4v) is 4.01. The number of Topliss-reactive ketones (excluding diaryl/α,β-unsaturated/α-hetero) is 1. The molecule has 1 aliphatic heterocycles. The monoisotopic (exact) mass is 382 g/mol. The molecule has 140 valence electrons. The van der Waals surface area contributed by atoms with Gasteiger partial charge in [-0.1, -0.05) is 23.7 Å². The molecule has 0 aliphatic carbocycles. The molecule has 2 aromatic carbocycles. The standard InChI is InChI=1S/C22H23ClN2O2/c1-14-9-16(10-15(2)25-14)11-20(26)17-7-8-22(19(23)12-17)27-21-6-4-3-5-18(21)13-24/h3-8,12,14-16,25H,9-11H2,1-2H3. The van der Waals surface area contributed by atoms with Crippen molar-refractivity contribution in [3.63, 3.8) is 0 Å². The van der Waals surface area contributed by atoms with E-state index in [0.717, 1.165) is 12.8 Å². The summed E-state index contributed by atoms with van der Waals surface area (Å²) in [7, 11) is 0. The van der Waals surface area contributed by atoms with Gasteiger partial charge in [-0.05, 0) is 62.9 Å². The molecule has 1 saturated heterocycles. The highest BCUT2D eigenvalue weighted by atomic mass is 35.5. The molecule has 2 unspecified atom stereocenters. The van der Waals surface area contributed by atoms with E-state index in [4.69, 9.17) is 21.6 Å². The molecule has 4 nitrogen and oxygen atoms in total. The van der Waals surface area contributed by atoms with E-state index in [-0.39, 0.29) is 5.78 Å². The minimum Gasteiger partial charge on any atom is -0.454 e. The quantitative estimate of drug-likeness (QED) is 0.707. The third kappa shape index (κ3) is 4.88. The third-order valence-electron chi connectivity index (χ3n) is 4.90. The van der Waals surface area contributed by atoms with E-state index in [0.29, 0.717) is 52.1 Å². The van der Waals surface area contributed by atoms with E-state index in [9.17, 15) is 4.79 Å². The summed E-state index contributed by atoms with van der Waals surface area (Å²) in [5, 5.41) is 13.0. The number of piperidine rings is 1. The zero-order valence-corrected chi connectivity index (χ0v) is 16.3. The van der Waals surface area contributed by atoms with Crippen LogP contribution in [0.1, 0.15) is 49.0 Å². The van der Waals surface area contributed by atoms with E-state index in [1.807, 2.05) is 0 Å². The van der Waals surface area contributed by atoms with E-state index in [2.05, 4.69) is 25.2 Å². The van der Waals surface area contributed by atoms with Crippen LogP contribution >= 0.6 is 11.6 Å². The Hall–Kier alpha value is -2.35. The number of ether oxygens (including phenoxy) is 1. The Bertz CT molecular complexity index is 865. The van der Waals surface area contributed by atoms with E-state index < -0.39 is 0 Å². The maximum atomic E-state index is 12.7. The Labute approximate surface area is 165 Å². The molecule has 0 amide bonds. The number of benzene rings is 2. The van der Waals surface area contributed by atoms with Gasteiger partial charge in [-0.15, -0.1) is 0 Å². The topological polar surface area (TPSA) is 62.1 Å². The largest absolute Gasteiger partial charge is 0.454 e. The molecule has 1 N–H and O–H groups in total. The van der Waals surface area contributed by atoms with Gasteiger partial charge in [-0.3, -0.25) is 4.79 Å². The number of carbonyl (C=O) groups is 1. The summed E-state index contributed by atoms with van der Waals surface area (Å²) >= 11 is 6.34. The summed E-state index contributed by atoms with van der Waals surface area (Å²) in [6, 6.07) is 15.0. The van der Waals surface area contributed by atoms with Gasteiger partial charge < -0.3 is 10.1 Å². The Kier molecular flexibility index (Phi) is 6.15. The molecule has 2 atom stereocenters. The van der Waals surface area contributed by atoms with Crippen molar-refractivity contribution in [1.29, 1.82) is 5.26 Å². The molecule has 0 aromatic heterocycles. The number of ketones is 1. The third-order valence-corrected chi connectivity index (χ3v) is 5.19. The number of halogens is 1. The molecule has 0 spiro atoms. The second-order valence-corrected chi connectivity index (χ2v) is 7.70. The van der Waals surface area contributed by atoms with E-state index >= 15 is 0 Å². The van der Waals surface area contributed by atoms with Gasteiger partial charge in [-0.25, -0.2) is 0 Å². The van der Waals surface area contributed by atoms with Gasteiger partial charge >= 0.3 is 0 Å². The molecule has 3 rings (SSSR count). The fraction of sp³-hybridized carbons (Fsp3) is 0.364. The SMILES string of the molecule is CC1CC(CC(=O)c2ccc(Oc3ccccc3C#N)c(Cl)c2)CC(C)N1. The second kappa shape index (κ2) is 8.56. The van der Waals surface area contributed by atoms with Crippen molar-refractivity contribution in [2.75, 3.05) is 0 Å². The number of para-hydroxylation sites is 1. The van der Waals surface area contributed by atoms with Gasteiger partial charge in [0, 0.05) is 24.1 Å². The molecule has 5 heteroatoms. The molecule has 2 aromatic rings. The number of nitrogens with zero attached hydrogens (tertiary/aromatic N) is 1. The fourth-order valence-electron chi connectivity index (χ4n) is 3.79. The van der Waals surface area contributed by atoms with Crippen LogP contribution in [-0.2, 0) is 0 Å². The zero-order chi connectivity index (χ0) is 19.4. The lowest BCUT2D eigenvalue weighted by Gasteiger charge is -2.32. The van der Waals surface area contributed by atoms with Crippen molar-refractivity contribution in [2.24, 2.45) is 5.92 Å². The molecular formula is C22H23ClN2O2. The summed E-state index contributed by atoms with van der Waals surface area (Å²) in [5.41, 5.74) is 1.03. The average molecular weight is 383 g/mol. The number of nitriles is 1. The van der Waals surface area contributed by atoms with E-state index in [1.54, 1.807) is 42.5 Å². The zero-order valence-electron chi connectivity index (χ0n) is 15.5. The van der Waals surface area contributed by atoms with Gasteiger partial charge in [0.05, 0.1) is 10.6 Å². The molecule has 0 bridgehead atoms. The predicted molar refractivity (Wildman–Crippen MR) is 106 cm³/mol. The molecule has 1 fully saturated rings. The Morgan fingerprint density at radius 1 is 1.19 bits per heavy atom. The summed E-state index contributed by atoms with van der Waals surface area (Å²) < 4.78 is 5.77.